The highest BCUT2D eigenvalue weighted by Crippen LogP contribution is 2.59. The molecule has 6 nitrogen and oxygen atoms in total. The van der Waals surface area contributed by atoms with Gasteiger partial charge in [-0.25, -0.2) is 0 Å². The van der Waals surface area contributed by atoms with E-state index in [0.29, 0.717) is 0 Å². The molecular weight excluding hydrogens is 1540 g/mol. The first kappa shape index (κ1) is 72.8. The van der Waals surface area contributed by atoms with Gasteiger partial charge in [0.15, 0.2) is 11.5 Å². The number of ether oxygens (including phenoxy) is 1. The molecule has 592 valence electrons. The summed E-state index contributed by atoms with van der Waals surface area (Å²) in [6.45, 7) is 6.34. The maximum atomic E-state index is 7.55. The third-order valence-corrected chi connectivity index (χ3v) is 27.6. The smallest absolute Gasteiger partial charge is 0.252 e. The van der Waals surface area contributed by atoms with Crippen LogP contribution in [0.1, 0.15) is 26.3 Å². The van der Waals surface area contributed by atoms with Gasteiger partial charge >= 0.3 is 0 Å². The molecule has 7 aliphatic heterocycles. The summed E-state index contributed by atoms with van der Waals surface area (Å²) >= 11 is 0. The van der Waals surface area contributed by atoms with Crippen LogP contribution in [0.2, 0.25) is 0 Å². The van der Waals surface area contributed by atoms with Crippen LogP contribution in [0.25, 0.3) is 89.0 Å². The molecule has 0 aliphatic carbocycles. The lowest BCUT2D eigenvalue weighted by Gasteiger charge is -2.52. The molecule has 19 aromatic rings. The first-order valence-corrected chi connectivity index (χ1v) is 44.4. The molecule has 0 saturated heterocycles. The van der Waals surface area contributed by atoms with E-state index in [1.165, 1.54) is 60.4 Å². The number of hydrogen-bond donors (Lipinski definition) is 0. The number of anilines is 15. The minimum atomic E-state index is -0.340. The van der Waals surface area contributed by atoms with Gasteiger partial charge in [0, 0.05) is 73.9 Å². The first-order chi connectivity index (χ1) is 62.6. The summed E-state index contributed by atoms with van der Waals surface area (Å²) in [4.78, 5) is 13.4. The molecule has 0 N–H and O–H groups in total. The Morgan fingerprint density at radius 3 is 0.740 bits per heavy atom. The number of para-hydroxylation sites is 4. The largest absolute Gasteiger partial charge is 0.453 e. The second-order valence-electron chi connectivity index (χ2n) is 35.8. The van der Waals surface area contributed by atoms with Crippen molar-refractivity contribution >= 4 is 155 Å². The predicted octanol–water partition coefficient (Wildman–Crippen LogP) is 25.2. The molecule has 0 unspecified atom stereocenters. The van der Waals surface area contributed by atoms with E-state index in [2.05, 4.69) is 476 Å². The minimum Gasteiger partial charge on any atom is -0.453 e. The Bertz CT molecular complexity index is 7510. The van der Waals surface area contributed by atoms with Crippen LogP contribution in [0.4, 0.5) is 85.3 Å². The van der Waals surface area contributed by atoms with Crippen LogP contribution in [0, 0.1) is 0 Å². The first-order valence-electron chi connectivity index (χ1n) is 44.4. The zero-order valence-electron chi connectivity index (χ0n) is 70.4. The Morgan fingerprint density at radius 1 is 0.181 bits per heavy atom. The molecule has 26 rings (SSSR count). The van der Waals surface area contributed by atoms with Crippen molar-refractivity contribution in [1.29, 1.82) is 0 Å². The fraction of sp³-hybridized carbons (Fsp3) is 0.0339. The van der Waals surface area contributed by atoms with E-state index in [-0.39, 0.29) is 25.6 Å². The van der Waals surface area contributed by atoms with Crippen LogP contribution in [-0.2, 0) is 5.41 Å². The Labute approximate surface area is 741 Å². The lowest BCUT2D eigenvalue weighted by Crippen LogP contribution is -2.69. The van der Waals surface area contributed by atoms with Crippen molar-refractivity contribution in [2.75, 3.05) is 24.5 Å². The van der Waals surface area contributed by atoms with E-state index < -0.39 is 0 Å². The normalized spacial score (nSPS) is 13.4. The summed E-state index contributed by atoms with van der Waals surface area (Å²) in [6.07, 6.45) is 0. The van der Waals surface area contributed by atoms with Gasteiger partial charge in [0.1, 0.15) is 0 Å². The Hall–Kier alpha value is -15.8. The average molecular weight is 1620 g/mol. The van der Waals surface area contributed by atoms with Crippen molar-refractivity contribution in [1.82, 2.24) is 0 Å². The number of nitrogens with zero attached hydrogens (tertiary/aromatic N) is 5. The third-order valence-electron chi connectivity index (χ3n) is 27.6. The summed E-state index contributed by atoms with van der Waals surface area (Å²) in [6, 6.07) is 163. The highest BCUT2D eigenvalue weighted by Gasteiger charge is 2.56. The van der Waals surface area contributed by atoms with Crippen LogP contribution in [0.15, 0.2) is 431 Å². The van der Waals surface area contributed by atoms with E-state index in [0.717, 1.165) is 180 Å². The van der Waals surface area contributed by atoms with E-state index >= 15 is 0 Å². The summed E-state index contributed by atoms with van der Waals surface area (Å²) in [5.74, 6) is 1.69. The molecule has 0 amide bonds. The van der Waals surface area contributed by atoms with Crippen molar-refractivity contribution in [3.05, 3.63) is 436 Å². The summed E-state index contributed by atoms with van der Waals surface area (Å²) < 4.78 is 7.55. The van der Waals surface area contributed by atoms with Crippen molar-refractivity contribution in [2.24, 2.45) is 0 Å². The van der Waals surface area contributed by atoms with Crippen molar-refractivity contribution in [2.45, 2.75) is 26.2 Å². The maximum absolute atomic E-state index is 7.55. The monoisotopic (exact) mass is 1620 g/mol. The van der Waals surface area contributed by atoms with Crippen LogP contribution in [-0.4, -0.2) is 20.1 Å². The molecule has 0 fully saturated rings. The number of rotatable bonds is 12. The second-order valence-corrected chi connectivity index (χ2v) is 35.8. The lowest BCUT2D eigenvalue weighted by atomic mass is 9.27. The van der Waals surface area contributed by atoms with E-state index in [4.69, 9.17) is 4.74 Å². The summed E-state index contributed by atoms with van der Waals surface area (Å²) in [7, 11) is 0. The zero-order chi connectivity index (χ0) is 83.9. The van der Waals surface area contributed by atoms with Gasteiger partial charge in [-0.05, 0) is 270 Å². The van der Waals surface area contributed by atoms with E-state index in [1.54, 1.807) is 0 Å². The molecule has 0 radical (unpaired) electrons. The molecule has 0 atom stereocenters. The molecule has 127 heavy (non-hydrogen) atoms. The Kier molecular flexibility index (Phi) is 16.3. The number of benzene rings is 19. The van der Waals surface area contributed by atoms with Gasteiger partial charge in [0.2, 0.25) is 0 Å². The lowest BCUT2D eigenvalue weighted by molar-refractivity contribution is 0.478. The van der Waals surface area contributed by atoms with Crippen LogP contribution < -0.4 is 78.4 Å². The Morgan fingerprint density at radius 2 is 0.433 bits per heavy atom. The highest BCUT2D eigenvalue weighted by molar-refractivity contribution is 7.06. The Balaban J connectivity index is 0.819. The maximum Gasteiger partial charge on any atom is 0.252 e. The standard InChI is InChI=1S/C118H80B3N5O/c1-118(2,3)91-70-106-112-107(71-91)124(94-66-87(79-42-20-8-21-43-79)60-88(67-94)80-44-22-9-23-45-80)104-73-105-101(72-100(104)120(112)97-51-29-31-55-103(97)122(106)92-62-83(75-34-12-4-13-35-75)58-84(63-92)76-36-14-5-15-37-76)121-99-53-33-57-111-116(99)126-115-98(52-32-56-110(115)127-111)119-96-50-28-30-54-102(96)123(93-64-85(77-38-16-6-17-39-77)59-86(65-93)78-40-18-7-19-41-78)108-74-109(114(121)117(126)113(108)119)125(105)95-68-89(81-46-24-10-25-47-81)61-90(69-95)82-48-26-11-27-49-82/h4-74H,1-3H3. The van der Waals surface area contributed by atoms with Gasteiger partial charge in [0.25, 0.3) is 20.1 Å². The van der Waals surface area contributed by atoms with Gasteiger partial charge in [-0.1, -0.05) is 330 Å². The van der Waals surface area contributed by atoms with E-state index in [1.807, 2.05) is 0 Å². The van der Waals surface area contributed by atoms with Crippen molar-refractivity contribution in [3.63, 3.8) is 0 Å². The summed E-state index contributed by atoms with van der Waals surface area (Å²) in [5, 5.41) is 0. The molecule has 9 heteroatoms. The summed E-state index contributed by atoms with van der Waals surface area (Å²) in [5.41, 5.74) is 46.8. The average Bonchev–Trinajstić information content (AvgIpc) is 0.657. The van der Waals surface area contributed by atoms with Crippen LogP contribution in [0.5, 0.6) is 11.5 Å². The van der Waals surface area contributed by atoms with Crippen molar-refractivity contribution < 1.29 is 4.74 Å². The van der Waals surface area contributed by atoms with Gasteiger partial charge < -0.3 is 29.2 Å². The van der Waals surface area contributed by atoms with Crippen LogP contribution in [0.3, 0.4) is 0 Å². The number of hydrogen-bond acceptors (Lipinski definition) is 6. The highest BCUT2D eigenvalue weighted by atomic mass is 16.5. The molecule has 0 spiro atoms. The molecule has 7 heterocycles. The van der Waals surface area contributed by atoms with Crippen LogP contribution >= 0.6 is 0 Å². The zero-order valence-corrected chi connectivity index (χ0v) is 70.4. The molecule has 0 bridgehead atoms. The number of fused-ring (bicyclic) bond motifs is 10. The van der Waals surface area contributed by atoms with E-state index in [9.17, 15) is 0 Å². The topological polar surface area (TPSA) is 25.4 Å². The quantitative estimate of drug-likeness (QED) is 0.113. The second kappa shape index (κ2) is 28.4. The van der Waals surface area contributed by atoms with Gasteiger partial charge in [-0.3, -0.25) is 0 Å². The predicted molar refractivity (Wildman–Crippen MR) is 536 cm³/mol. The molecule has 7 aliphatic rings. The fourth-order valence-electron chi connectivity index (χ4n) is 22.0. The third kappa shape index (κ3) is 11.4. The van der Waals surface area contributed by atoms with Crippen molar-refractivity contribution in [3.8, 4) is 101 Å². The molecule has 19 aromatic carbocycles. The molecule has 0 saturated carbocycles. The minimum absolute atomic E-state index is 0.201. The SMILES string of the molecule is CC(C)(C)c1cc2c3c(c1)N(c1cc(-c4ccccc4)cc(-c4ccccc4)c1)c1cc4c(cc1B3c1ccccc1N2c1cc(-c2ccccc2)cc(-c2ccccc2)c1)B1c2cccc3c2N2c5c(cccc5B5c6ccccc6N(c6cc(-c7ccccc7)cc(-c7ccccc7)c6)c6cc(c1c2c65)N4c1cc(-c2ccccc2)cc(-c2ccccc2)c1)O3. The fourth-order valence-corrected chi connectivity index (χ4v) is 22.0. The molecular formula is C118H80B3N5O. The van der Waals surface area contributed by atoms with Gasteiger partial charge in [0.05, 0.1) is 11.4 Å². The van der Waals surface area contributed by atoms with Gasteiger partial charge in [-0.15, -0.1) is 0 Å². The molecule has 0 aromatic heterocycles. The van der Waals surface area contributed by atoms with Gasteiger partial charge in [-0.2, -0.15) is 0 Å².